The van der Waals surface area contributed by atoms with Crippen LogP contribution < -0.4 is 4.72 Å². The van der Waals surface area contributed by atoms with Gasteiger partial charge < -0.3 is 9.84 Å². The molecule has 164 valence electrons. The van der Waals surface area contributed by atoms with Gasteiger partial charge in [0.05, 0.1) is 12.0 Å². The first-order chi connectivity index (χ1) is 14.1. The fourth-order valence-corrected chi connectivity index (χ4v) is 5.29. The molecular weight excluding hydrogens is 429 g/mol. The molecule has 6 nitrogen and oxygen atoms in total. The van der Waals surface area contributed by atoms with Gasteiger partial charge in [-0.2, -0.15) is 16.5 Å². The predicted molar refractivity (Wildman–Crippen MR) is 116 cm³/mol. The highest BCUT2D eigenvalue weighted by molar-refractivity contribution is 8.00. The zero-order valence-electron chi connectivity index (χ0n) is 17.1. The van der Waals surface area contributed by atoms with E-state index in [0.717, 1.165) is 11.1 Å². The third-order valence-corrected chi connectivity index (χ3v) is 7.44. The molecular formula is C21H26FNO5S2. The van der Waals surface area contributed by atoms with Crippen LogP contribution in [0.4, 0.5) is 4.39 Å². The zero-order chi connectivity index (χ0) is 22.4. The Balaban J connectivity index is 2.24. The van der Waals surface area contributed by atoms with Gasteiger partial charge in [-0.15, -0.1) is 0 Å². The molecule has 0 amide bonds. The molecule has 1 atom stereocenters. The van der Waals surface area contributed by atoms with Crippen LogP contribution in [0.1, 0.15) is 20.3 Å². The summed E-state index contributed by atoms with van der Waals surface area (Å²) < 4.78 is 45.4. The second-order valence-corrected chi connectivity index (χ2v) is 10.6. The van der Waals surface area contributed by atoms with E-state index in [1.807, 2.05) is 0 Å². The molecule has 0 saturated carbocycles. The van der Waals surface area contributed by atoms with Crippen molar-refractivity contribution >= 4 is 27.8 Å². The number of aliphatic hydroxyl groups is 1. The molecule has 0 unspecified atom stereocenters. The minimum Gasteiger partial charge on any atom is -0.468 e. The van der Waals surface area contributed by atoms with E-state index in [2.05, 4.69) is 4.72 Å². The highest BCUT2D eigenvalue weighted by atomic mass is 32.2. The van der Waals surface area contributed by atoms with Crippen LogP contribution in [0.15, 0.2) is 53.4 Å². The Hall–Kier alpha value is -1.94. The summed E-state index contributed by atoms with van der Waals surface area (Å²) in [6.07, 6.45) is 0.527. The van der Waals surface area contributed by atoms with E-state index in [4.69, 9.17) is 9.84 Å². The van der Waals surface area contributed by atoms with Gasteiger partial charge >= 0.3 is 5.97 Å². The second kappa shape index (κ2) is 10.4. The monoisotopic (exact) mass is 455 g/mol. The number of hydrogen-bond donors (Lipinski definition) is 2. The van der Waals surface area contributed by atoms with E-state index >= 15 is 0 Å². The van der Waals surface area contributed by atoms with Crippen LogP contribution >= 0.6 is 11.8 Å². The van der Waals surface area contributed by atoms with Gasteiger partial charge in [-0.25, -0.2) is 12.8 Å². The van der Waals surface area contributed by atoms with Crippen LogP contribution in [0, 0.1) is 5.82 Å². The van der Waals surface area contributed by atoms with Gasteiger partial charge in [0.15, 0.2) is 0 Å². The zero-order valence-corrected chi connectivity index (χ0v) is 18.7. The first-order valence-electron chi connectivity index (χ1n) is 9.31. The molecule has 0 aliphatic heterocycles. The summed E-state index contributed by atoms with van der Waals surface area (Å²) in [4.78, 5) is 12.3. The number of methoxy groups -OCH3 is 1. The molecule has 0 fully saturated rings. The number of esters is 1. The Morgan fingerprint density at radius 1 is 1.13 bits per heavy atom. The van der Waals surface area contributed by atoms with Crippen molar-refractivity contribution in [1.82, 2.24) is 4.72 Å². The third kappa shape index (κ3) is 6.28. The van der Waals surface area contributed by atoms with Gasteiger partial charge in [-0.3, -0.25) is 4.79 Å². The Morgan fingerprint density at radius 3 is 2.17 bits per heavy atom. The number of rotatable bonds is 10. The van der Waals surface area contributed by atoms with Crippen LogP contribution in [-0.2, 0) is 19.6 Å². The van der Waals surface area contributed by atoms with Crippen molar-refractivity contribution in [3.63, 3.8) is 0 Å². The lowest BCUT2D eigenvalue weighted by Gasteiger charge is -2.32. The molecule has 30 heavy (non-hydrogen) atoms. The van der Waals surface area contributed by atoms with Gasteiger partial charge in [-0.1, -0.05) is 24.3 Å². The van der Waals surface area contributed by atoms with E-state index in [9.17, 15) is 17.6 Å². The summed E-state index contributed by atoms with van der Waals surface area (Å²) in [5.41, 5.74) is 1.49. The van der Waals surface area contributed by atoms with Crippen LogP contribution in [0.25, 0.3) is 11.1 Å². The van der Waals surface area contributed by atoms with Gasteiger partial charge in [0.1, 0.15) is 11.9 Å². The maximum absolute atomic E-state index is 13.1. The van der Waals surface area contributed by atoms with E-state index in [1.165, 1.54) is 43.1 Å². The number of benzene rings is 2. The van der Waals surface area contributed by atoms with Gasteiger partial charge in [0.25, 0.3) is 0 Å². The number of halogens is 1. The Bertz CT molecular complexity index is 944. The Kier molecular flexibility index (Phi) is 8.42. The molecule has 0 aliphatic carbocycles. The van der Waals surface area contributed by atoms with Crippen LogP contribution in [0.2, 0.25) is 0 Å². The maximum atomic E-state index is 13.1. The molecule has 0 saturated heterocycles. The summed E-state index contributed by atoms with van der Waals surface area (Å²) in [6.45, 7) is 3.51. The number of ether oxygens (including phenoxy) is 1. The number of nitrogens with one attached hydrogen (secondary N) is 1. The summed E-state index contributed by atoms with van der Waals surface area (Å²) >= 11 is 1.37. The molecule has 2 N–H and O–H groups in total. The minimum atomic E-state index is -4.01. The van der Waals surface area contributed by atoms with E-state index < -0.39 is 26.8 Å². The highest BCUT2D eigenvalue weighted by Crippen LogP contribution is 2.31. The van der Waals surface area contributed by atoms with Crippen LogP contribution in [0.5, 0.6) is 0 Å². The lowest BCUT2D eigenvalue weighted by molar-refractivity contribution is -0.143. The van der Waals surface area contributed by atoms with Gasteiger partial charge in [0.2, 0.25) is 10.0 Å². The molecule has 0 heterocycles. The van der Waals surface area contributed by atoms with Crippen molar-refractivity contribution in [2.75, 3.05) is 19.5 Å². The topological polar surface area (TPSA) is 92.7 Å². The summed E-state index contributed by atoms with van der Waals surface area (Å²) in [5, 5.41) is 8.98. The van der Waals surface area contributed by atoms with Crippen LogP contribution in [0.3, 0.4) is 0 Å². The van der Waals surface area contributed by atoms with Crippen molar-refractivity contribution in [2.24, 2.45) is 0 Å². The largest absolute Gasteiger partial charge is 0.468 e. The standard InChI is InChI=1S/C21H26FNO5S2/c1-21(2,29-14-4-13-24)19(20(25)28-3)23-30(26,27)18-11-7-16(8-12-18)15-5-9-17(22)10-6-15/h5-12,19,23-24H,4,13-14H2,1-3H3/t19-/m0/s1. The molecule has 0 bridgehead atoms. The first-order valence-corrected chi connectivity index (χ1v) is 11.8. The molecule has 2 aromatic rings. The number of carbonyl (C=O) groups excluding carboxylic acids is 1. The summed E-state index contributed by atoms with van der Waals surface area (Å²) in [7, 11) is -2.80. The molecule has 2 aromatic carbocycles. The minimum absolute atomic E-state index is 0.00146. The smallest absolute Gasteiger partial charge is 0.325 e. The van der Waals surface area contributed by atoms with Gasteiger partial charge in [-0.05, 0) is 61.4 Å². The lowest BCUT2D eigenvalue weighted by atomic mass is 10.0. The number of aliphatic hydroxyl groups excluding tert-OH is 1. The number of thioether (sulfide) groups is 1. The van der Waals surface area contributed by atoms with Crippen molar-refractivity contribution in [1.29, 1.82) is 0 Å². The van der Waals surface area contributed by atoms with Gasteiger partial charge in [0, 0.05) is 11.4 Å². The second-order valence-electron chi connectivity index (χ2n) is 7.14. The van der Waals surface area contributed by atoms with Crippen LogP contribution in [-0.4, -0.2) is 49.8 Å². The Labute approximate surface area is 180 Å². The maximum Gasteiger partial charge on any atom is 0.325 e. The first kappa shape index (κ1) is 24.3. The summed E-state index contributed by atoms with van der Waals surface area (Å²) in [5.74, 6) is -0.482. The normalized spacial score (nSPS) is 13.1. The average Bonchev–Trinajstić information content (AvgIpc) is 2.72. The quantitative estimate of drug-likeness (QED) is 0.422. The molecule has 0 radical (unpaired) electrons. The SMILES string of the molecule is COC(=O)[C@H](NS(=O)(=O)c1ccc(-c2ccc(F)cc2)cc1)C(C)(C)SCCCO. The van der Waals surface area contributed by atoms with Crippen molar-refractivity contribution < 1.29 is 27.4 Å². The molecule has 0 aliphatic rings. The Morgan fingerprint density at radius 2 is 1.67 bits per heavy atom. The fourth-order valence-electron chi connectivity index (χ4n) is 2.77. The summed E-state index contributed by atoms with van der Waals surface area (Å²) in [6, 6.07) is 10.9. The van der Waals surface area contributed by atoms with E-state index in [1.54, 1.807) is 38.1 Å². The fraction of sp³-hybridized carbons (Fsp3) is 0.381. The highest BCUT2D eigenvalue weighted by Gasteiger charge is 2.39. The molecule has 2 rings (SSSR count). The van der Waals surface area contributed by atoms with E-state index in [0.29, 0.717) is 12.2 Å². The predicted octanol–water partition coefficient (Wildman–Crippen LogP) is 3.21. The van der Waals surface area contributed by atoms with Crippen molar-refractivity contribution in [3.8, 4) is 11.1 Å². The number of sulfonamides is 1. The molecule has 0 aromatic heterocycles. The number of hydrogen-bond acceptors (Lipinski definition) is 6. The number of carbonyl (C=O) groups is 1. The van der Waals surface area contributed by atoms with Crippen molar-refractivity contribution in [3.05, 3.63) is 54.3 Å². The van der Waals surface area contributed by atoms with Crippen molar-refractivity contribution in [2.45, 2.75) is 36.0 Å². The molecule has 0 spiro atoms. The molecule has 9 heteroatoms. The third-order valence-electron chi connectivity index (χ3n) is 4.52. The lowest BCUT2D eigenvalue weighted by Crippen LogP contribution is -2.53. The van der Waals surface area contributed by atoms with E-state index in [-0.39, 0.29) is 17.3 Å². The average molecular weight is 456 g/mol.